The summed E-state index contributed by atoms with van der Waals surface area (Å²) in [6.07, 6.45) is -2.15. The molecule has 0 saturated heterocycles. The maximum atomic E-state index is 9.58. The summed E-state index contributed by atoms with van der Waals surface area (Å²) >= 11 is 3.30. The number of aliphatic hydroxyl groups is 3. The molecule has 3 nitrogen and oxygen atoms in total. The first kappa shape index (κ1) is 11.7. The van der Waals surface area contributed by atoms with Crippen LogP contribution in [0.3, 0.4) is 0 Å². The summed E-state index contributed by atoms with van der Waals surface area (Å²) < 4.78 is 0. The van der Waals surface area contributed by atoms with Crippen LogP contribution in [-0.2, 0) is 5.33 Å². The van der Waals surface area contributed by atoms with Gasteiger partial charge in [-0.25, -0.2) is 0 Å². The third kappa shape index (κ3) is 2.78. The highest BCUT2D eigenvalue weighted by Gasteiger charge is 2.17. The average molecular weight is 261 g/mol. The molecule has 0 aliphatic rings. The summed E-state index contributed by atoms with van der Waals surface area (Å²) in [5.41, 5.74) is 1.63. The molecule has 2 atom stereocenters. The molecule has 0 fully saturated rings. The third-order valence-corrected chi connectivity index (χ3v) is 2.65. The molecule has 2 unspecified atom stereocenters. The monoisotopic (exact) mass is 260 g/mol. The van der Waals surface area contributed by atoms with Crippen LogP contribution in [0.5, 0.6) is 0 Å². The Morgan fingerprint density at radius 2 is 2.00 bits per heavy atom. The third-order valence-electron chi connectivity index (χ3n) is 2.00. The predicted molar refractivity (Wildman–Crippen MR) is 57.1 cm³/mol. The number of alkyl halides is 1. The Morgan fingerprint density at radius 3 is 2.57 bits per heavy atom. The molecule has 0 aliphatic heterocycles. The molecule has 3 N–H and O–H groups in total. The van der Waals surface area contributed by atoms with Crippen molar-refractivity contribution in [3.05, 3.63) is 35.4 Å². The second-order valence-electron chi connectivity index (χ2n) is 3.07. The fourth-order valence-electron chi connectivity index (χ4n) is 1.18. The van der Waals surface area contributed by atoms with Gasteiger partial charge in [-0.1, -0.05) is 40.2 Å². The highest BCUT2D eigenvalue weighted by atomic mass is 79.9. The number of aliphatic hydroxyl groups excluding tert-OH is 3. The van der Waals surface area contributed by atoms with Crippen LogP contribution in [0.25, 0.3) is 0 Å². The van der Waals surface area contributed by atoms with E-state index in [0.717, 1.165) is 5.56 Å². The van der Waals surface area contributed by atoms with Crippen molar-refractivity contribution in [1.29, 1.82) is 0 Å². The van der Waals surface area contributed by atoms with Crippen molar-refractivity contribution in [1.82, 2.24) is 0 Å². The number of benzene rings is 1. The maximum Gasteiger partial charge on any atom is 0.107 e. The van der Waals surface area contributed by atoms with E-state index in [9.17, 15) is 10.2 Å². The molecule has 0 heterocycles. The number of hydrogen-bond acceptors (Lipinski definition) is 3. The quantitative estimate of drug-likeness (QED) is 0.708. The first-order valence-corrected chi connectivity index (χ1v) is 5.43. The highest BCUT2D eigenvalue weighted by molar-refractivity contribution is 9.08. The van der Waals surface area contributed by atoms with Crippen LogP contribution >= 0.6 is 15.9 Å². The van der Waals surface area contributed by atoms with Crippen LogP contribution in [-0.4, -0.2) is 28.0 Å². The van der Waals surface area contributed by atoms with Crippen LogP contribution in [0.4, 0.5) is 0 Å². The van der Waals surface area contributed by atoms with Gasteiger partial charge in [0.2, 0.25) is 0 Å². The lowest BCUT2D eigenvalue weighted by molar-refractivity contribution is -0.0152. The van der Waals surface area contributed by atoms with E-state index in [1.807, 2.05) is 6.07 Å². The van der Waals surface area contributed by atoms with Gasteiger partial charge >= 0.3 is 0 Å². The van der Waals surface area contributed by atoms with E-state index in [0.29, 0.717) is 10.9 Å². The van der Waals surface area contributed by atoms with Gasteiger partial charge in [0.15, 0.2) is 0 Å². The molecule has 0 aromatic heterocycles. The summed E-state index contributed by atoms with van der Waals surface area (Å²) in [5, 5.41) is 28.2. The number of hydrogen-bond donors (Lipinski definition) is 3. The van der Waals surface area contributed by atoms with Crippen molar-refractivity contribution in [2.45, 2.75) is 17.5 Å². The molecule has 1 rings (SSSR count). The van der Waals surface area contributed by atoms with Crippen molar-refractivity contribution < 1.29 is 15.3 Å². The Bertz CT molecular complexity index is 290. The maximum absolute atomic E-state index is 9.58. The minimum atomic E-state index is -1.12. The number of rotatable bonds is 4. The lowest BCUT2D eigenvalue weighted by Gasteiger charge is -2.16. The minimum Gasteiger partial charge on any atom is -0.394 e. The molecular formula is C10H13BrO3. The smallest absolute Gasteiger partial charge is 0.107 e. The van der Waals surface area contributed by atoms with Gasteiger partial charge in [0.1, 0.15) is 12.2 Å². The standard InChI is InChI=1S/C10H13BrO3/c11-5-7-2-1-3-8(4-7)10(14)9(13)6-12/h1-4,9-10,12-14H,5-6H2. The summed E-state index contributed by atoms with van der Waals surface area (Å²) in [7, 11) is 0. The summed E-state index contributed by atoms with van der Waals surface area (Å²) in [6.45, 7) is -0.445. The fourth-order valence-corrected chi connectivity index (χ4v) is 1.53. The molecule has 1 aromatic rings. The van der Waals surface area contributed by atoms with Gasteiger partial charge < -0.3 is 15.3 Å². The van der Waals surface area contributed by atoms with Crippen molar-refractivity contribution in [2.75, 3.05) is 6.61 Å². The average Bonchev–Trinajstić information content (AvgIpc) is 2.27. The molecule has 0 aliphatic carbocycles. The topological polar surface area (TPSA) is 60.7 Å². The van der Waals surface area contributed by atoms with Crippen LogP contribution in [0.1, 0.15) is 17.2 Å². The molecule has 0 saturated carbocycles. The van der Waals surface area contributed by atoms with Gasteiger partial charge in [-0.3, -0.25) is 0 Å². The Balaban J connectivity index is 2.83. The Hall–Kier alpha value is -0.420. The molecule has 0 spiro atoms. The predicted octanol–water partition coefficient (Wildman–Crippen LogP) is 0.968. The zero-order chi connectivity index (χ0) is 10.6. The van der Waals surface area contributed by atoms with Crippen LogP contribution in [0, 0.1) is 0 Å². The second kappa shape index (κ2) is 5.46. The molecular weight excluding hydrogens is 248 g/mol. The van der Waals surface area contributed by atoms with Crippen molar-refractivity contribution in [3.63, 3.8) is 0 Å². The largest absolute Gasteiger partial charge is 0.394 e. The Morgan fingerprint density at radius 1 is 1.29 bits per heavy atom. The number of halogens is 1. The van der Waals surface area contributed by atoms with Gasteiger partial charge in [0.25, 0.3) is 0 Å². The van der Waals surface area contributed by atoms with E-state index in [4.69, 9.17) is 5.11 Å². The van der Waals surface area contributed by atoms with E-state index in [-0.39, 0.29) is 0 Å². The SMILES string of the molecule is OCC(O)C(O)c1cccc(CBr)c1. The molecule has 78 valence electrons. The normalized spacial score (nSPS) is 15.1. The van der Waals surface area contributed by atoms with Crippen LogP contribution in [0.15, 0.2) is 24.3 Å². The molecule has 4 heteroatoms. The minimum absolute atomic E-state index is 0.445. The van der Waals surface area contributed by atoms with Crippen molar-refractivity contribution in [3.8, 4) is 0 Å². The Labute approximate surface area is 91.1 Å². The van der Waals surface area contributed by atoms with E-state index >= 15 is 0 Å². The molecule has 0 bridgehead atoms. The summed E-state index contributed by atoms with van der Waals surface area (Å²) in [6, 6.07) is 7.23. The van der Waals surface area contributed by atoms with E-state index < -0.39 is 18.8 Å². The Kier molecular flexibility index (Phi) is 4.54. The molecule has 0 radical (unpaired) electrons. The van der Waals surface area contributed by atoms with E-state index in [1.54, 1.807) is 18.2 Å². The van der Waals surface area contributed by atoms with Gasteiger partial charge in [0, 0.05) is 5.33 Å². The van der Waals surface area contributed by atoms with Crippen LogP contribution in [0.2, 0.25) is 0 Å². The lowest BCUT2D eigenvalue weighted by atomic mass is 10.0. The second-order valence-corrected chi connectivity index (χ2v) is 3.63. The first-order chi connectivity index (χ1) is 6.69. The fraction of sp³-hybridized carbons (Fsp3) is 0.400. The summed E-state index contributed by atoms with van der Waals surface area (Å²) in [5.74, 6) is 0. The van der Waals surface area contributed by atoms with Crippen molar-refractivity contribution >= 4 is 15.9 Å². The van der Waals surface area contributed by atoms with Crippen molar-refractivity contribution in [2.24, 2.45) is 0 Å². The van der Waals surface area contributed by atoms with Gasteiger partial charge in [-0.05, 0) is 11.1 Å². The zero-order valence-corrected chi connectivity index (χ0v) is 9.18. The summed E-state index contributed by atoms with van der Waals surface area (Å²) in [4.78, 5) is 0. The van der Waals surface area contributed by atoms with Gasteiger partial charge in [-0.2, -0.15) is 0 Å². The van der Waals surface area contributed by atoms with E-state index in [1.165, 1.54) is 0 Å². The van der Waals surface area contributed by atoms with Crippen LogP contribution < -0.4 is 0 Å². The first-order valence-electron chi connectivity index (χ1n) is 4.31. The zero-order valence-electron chi connectivity index (χ0n) is 7.60. The molecule has 14 heavy (non-hydrogen) atoms. The lowest BCUT2D eigenvalue weighted by Crippen LogP contribution is -2.22. The highest BCUT2D eigenvalue weighted by Crippen LogP contribution is 2.18. The molecule has 1 aromatic carbocycles. The van der Waals surface area contributed by atoms with Gasteiger partial charge in [0.05, 0.1) is 6.61 Å². The molecule has 0 amide bonds. The van der Waals surface area contributed by atoms with Gasteiger partial charge in [-0.15, -0.1) is 0 Å². The van der Waals surface area contributed by atoms with E-state index in [2.05, 4.69) is 15.9 Å².